The van der Waals surface area contributed by atoms with Gasteiger partial charge in [-0.2, -0.15) is 4.99 Å². The van der Waals surface area contributed by atoms with Gasteiger partial charge in [0.1, 0.15) is 6.04 Å². The van der Waals surface area contributed by atoms with Crippen molar-refractivity contribution in [3.05, 3.63) is 58.1 Å². The van der Waals surface area contributed by atoms with E-state index in [1.165, 1.54) is 6.07 Å². The van der Waals surface area contributed by atoms with Crippen LogP contribution in [0.5, 0.6) is 0 Å². The van der Waals surface area contributed by atoms with Gasteiger partial charge in [0.15, 0.2) is 0 Å². The molecule has 2 aromatic rings. The maximum absolute atomic E-state index is 12.2. The van der Waals surface area contributed by atoms with Crippen LogP contribution in [-0.2, 0) is 9.59 Å². The molecule has 0 spiro atoms. The van der Waals surface area contributed by atoms with E-state index in [0.717, 1.165) is 11.3 Å². The number of rotatable bonds is 4. The molecule has 0 radical (unpaired) electrons. The summed E-state index contributed by atoms with van der Waals surface area (Å²) in [5, 5.41) is 8.82. The molecule has 3 rings (SSSR count). The second kappa shape index (κ2) is 8.93. The number of para-hydroxylation sites is 1. The van der Waals surface area contributed by atoms with Gasteiger partial charge in [-0.05, 0) is 36.8 Å². The average Bonchev–Trinajstić information content (AvgIpc) is 2.98. The fraction of sp³-hybridized carbons (Fsp3) is 0.158. The van der Waals surface area contributed by atoms with Gasteiger partial charge < -0.3 is 16.4 Å². The fourth-order valence-electron chi connectivity index (χ4n) is 2.59. The topological polar surface area (TPSA) is 121 Å². The smallest absolute Gasteiger partial charge is 0.252 e. The third kappa shape index (κ3) is 5.46. The van der Waals surface area contributed by atoms with E-state index in [0.29, 0.717) is 15.7 Å². The maximum atomic E-state index is 12.2. The number of guanidine groups is 2. The van der Waals surface area contributed by atoms with Gasteiger partial charge in [-0.1, -0.05) is 41.4 Å². The maximum Gasteiger partial charge on any atom is 0.252 e. The molecule has 0 fully saturated rings. The molecule has 2 amide bonds. The van der Waals surface area contributed by atoms with E-state index in [9.17, 15) is 9.59 Å². The molecule has 29 heavy (non-hydrogen) atoms. The molecule has 0 aromatic heterocycles. The Bertz CT molecular complexity index is 1020. The van der Waals surface area contributed by atoms with E-state index >= 15 is 0 Å². The van der Waals surface area contributed by atoms with E-state index in [1.54, 1.807) is 12.1 Å². The van der Waals surface area contributed by atoms with E-state index in [1.807, 2.05) is 31.2 Å². The summed E-state index contributed by atoms with van der Waals surface area (Å²) in [7, 11) is 0. The van der Waals surface area contributed by atoms with Crippen molar-refractivity contribution in [2.75, 3.05) is 10.6 Å². The lowest BCUT2D eigenvalue weighted by Crippen LogP contribution is -2.32. The van der Waals surface area contributed by atoms with E-state index in [-0.39, 0.29) is 18.3 Å². The first-order valence-electron chi connectivity index (χ1n) is 8.62. The van der Waals surface area contributed by atoms with E-state index < -0.39 is 17.9 Å². The highest BCUT2D eigenvalue weighted by Gasteiger charge is 2.29. The molecule has 1 heterocycles. The molecule has 8 nitrogen and oxygen atoms in total. The Morgan fingerprint density at radius 2 is 1.97 bits per heavy atom. The van der Waals surface area contributed by atoms with Gasteiger partial charge in [0.25, 0.3) is 5.91 Å². The lowest BCUT2D eigenvalue weighted by atomic mass is 10.2. The van der Waals surface area contributed by atoms with Gasteiger partial charge in [0.05, 0.1) is 17.1 Å². The predicted octanol–water partition coefficient (Wildman–Crippen LogP) is 2.91. The zero-order valence-corrected chi connectivity index (χ0v) is 16.9. The van der Waals surface area contributed by atoms with Crippen LogP contribution in [0, 0.1) is 6.92 Å². The van der Waals surface area contributed by atoms with Crippen LogP contribution in [-0.4, -0.2) is 29.8 Å². The van der Waals surface area contributed by atoms with Crippen LogP contribution in [0.4, 0.5) is 11.4 Å². The number of amides is 2. The Morgan fingerprint density at radius 3 is 2.69 bits per heavy atom. The fourth-order valence-corrected chi connectivity index (χ4v) is 3.04. The summed E-state index contributed by atoms with van der Waals surface area (Å²) in [5.74, 6) is -0.758. The number of hydrogen-bond donors (Lipinski definition) is 4. The highest BCUT2D eigenvalue weighted by atomic mass is 35.5. The molecule has 1 aliphatic heterocycles. The van der Waals surface area contributed by atoms with E-state index in [2.05, 4.69) is 25.9 Å². The first kappa shape index (κ1) is 20.6. The van der Waals surface area contributed by atoms with Gasteiger partial charge in [-0.15, -0.1) is 0 Å². The van der Waals surface area contributed by atoms with Gasteiger partial charge in [-0.3, -0.25) is 14.9 Å². The third-order valence-electron chi connectivity index (χ3n) is 4.03. The van der Waals surface area contributed by atoms with Crippen LogP contribution in [0.25, 0.3) is 0 Å². The third-order valence-corrected chi connectivity index (χ3v) is 4.58. The number of aliphatic imine (C=N–C) groups is 2. The highest BCUT2D eigenvalue weighted by Crippen LogP contribution is 2.25. The van der Waals surface area contributed by atoms with Crippen molar-refractivity contribution in [2.45, 2.75) is 19.4 Å². The van der Waals surface area contributed by atoms with Gasteiger partial charge in [0, 0.05) is 10.7 Å². The molecule has 10 heteroatoms. The van der Waals surface area contributed by atoms with Crippen LogP contribution in [0.15, 0.2) is 52.4 Å². The van der Waals surface area contributed by atoms with Crippen molar-refractivity contribution < 1.29 is 9.59 Å². The minimum Gasteiger partial charge on any atom is -0.369 e. The largest absolute Gasteiger partial charge is 0.369 e. The number of anilines is 2. The minimum absolute atomic E-state index is 0.0379. The highest BCUT2D eigenvalue weighted by molar-refractivity contribution is 6.36. The van der Waals surface area contributed by atoms with Crippen molar-refractivity contribution in [1.29, 1.82) is 0 Å². The van der Waals surface area contributed by atoms with Gasteiger partial charge in [0.2, 0.25) is 17.8 Å². The molecule has 0 saturated heterocycles. The van der Waals surface area contributed by atoms with Crippen LogP contribution in [0.2, 0.25) is 10.0 Å². The van der Waals surface area contributed by atoms with Crippen LogP contribution in [0.1, 0.15) is 12.0 Å². The molecule has 1 aliphatic rings. The summed E-state index contributed by atoms with van der Waals surface area (Å²) in [6.45, 7) is 1.92. The first-order chi connectivity index (χ1) is 13.8. The summed E-state index contributed by atoms with van der Waals surface area (Å²) in [4.78, 5) is 32.5. The molecular formula is C19H18Cl2N6O2. The Labute approximate surface area is 177 Å². The lowest BCUT2D eigenvalue weighted by Gasteiger charge is -2.08. The van der Waals surface area contributed by atoms with E-state index in [4.69, 9.17) is 28.9 Å². The normalized spacial score (nSPS) is 16.2. The van der Waals surface area contributed by atoms with Crippen molar-refractivity contribution in [2.24, 2.45) is 15.7 Å². The monoisotopic (exact) mass is 432 g/mol. The van der Waals surface area contributed by atoms with Crippen molar-refractivity contribution in [3.63, 3.8) is 0 Å². The molecule has 150 valence electrons. The molecule has 0 saturated carbocycles. The SMILES string of the molecule is Cc1ccccc1N/C(N)=N/C1=NC(CC(=O)Nc2ccc(Cl)cc2Cl)C(=O)N1. The second-order valence-electron chi connectivity index (χ2n) is 6.27. The standard InChI is InChI=1S/C19H18Cl2N6O2/c1-10-4-2-3-5-13(10)24-18(22)27-19-25-15(17(29)26-19)9-16(28)23-14-7-6-11(20)8-12(14)21/h2-8,15H,9H2,1H3,(H,23,28)(H4,22,24,25,26,27,29). The number of hydrogen-bond acceptors (Lipinski definition) is 4. The molecule has 1 atom stereocenters. The zero-order valence-electron chi connectivity index (χ0n) is 15.4. The first-order valence-corrected chi connectivity index (χ1v) is 9.38. The number of carbonyl (C=O) groups is 2. The van der Waals surface area contributed by atoms with Gasteiger partial charge in [-0.25, -0.2) is 4.99 Å². The number of benzene rings is 2. The quantitative estimate of drug-likeness (QED) is 0.438. The predicted molar refractivity (Wildman–Crippen MR) is 115 cm³/mol. The molecule has 5 N–H and O–H groups in total. The molecule has 2 aromatic carbocycles. The summed E-state index contributed by atoms with van der Waals surface area (Å²) in [6.07, 6.45) is -0.172. The number of halogens is 2. The van der Waals surface area contributed by atoms with Crippen molar-refractivity contribution in [1.82, 2.24) is 5.32 Å². The van der Waals surface area contributed by atoms with Crippen LogP contribution < -0.4 is 21.7 Å². The number of nitrogens with two attached hydrogens (primary N) is 1. The summed E-state index contributed by atoms with van der Waals surface area (Å²) in [5.41, 5.74) is 8.05. The Kier molecular flexibility index (Phi) is 6.36. The Morgan fingerprint density at radius 1 is 1.21 bits per heavy atom. The summed E-state index contributed by atoms with van der Waals surface area (Å²) < 4.78 is 0. The lowest BCUT2D eigenvalue weighted by molar-refractivity contribution is -0.123. The Hall–Kier alpha value is -3.10. The number of nitrogens with zero attached hydrogens (tertiary/aromatic N) is 2. The Balaban J connectivity index is 1.63. The average molecular weight is 433 g/mol. The molecule has 1 unspecified atom stereocenters. The second-order valence-corrected chi connectivity index (χ2v) is 7.11. The number of carbonyl (C=O) groups excluding carboxylic acids is 2. The zero-order chi connectivity index (χ0) is 21.0. The number of nitrogens with one attached hydrogen (secondary N) is 3. The summed E-state index contributed by atoms with van der Waals surface area (Å²) in [6, 6.07) is 11.3. The molecule has 0 bridgehead atoms. The summed E-state index contributed by atoms with van der Waals surface area (Å²) >= 11 is 11.9. The van der Waals surface area contributed by atoms with Crippen molar-refractivity contribution >= 4 is 58.3 Å². The molecule has 0 aliphatic carbocycles. The minimum atomic E-state index is -0.911. The van der Waals surface area contributed by atoms with Crippen molar-refractivity contribution in [3.8, 4) is 0 Å². The van der Waals surface area contributed by atoms with Crippen LogP contribution >= 0.6 is 23.2 Å². The number of aryl methyl sites for hydroxylation is 1. The van der Waals surface area contributed by atoms with Crippen LogP contribution in [0.3, 0.4) is 0 Å². The van der Waals surface area contributed by atoms with Gasteiger partial charge >= 0.3 is 0 Å². The molecular weight excluding hydrogens is 415 g/mol.